The number of aliphatic hydroxyl groups is 1. The van der Waals surface area contributed by atoms with Crippen molar-refractivity contribution in [2.75, 3.05) is 38.7 Å². The van der Waals surface area contributed by atoms with Gasteiger partial charge in [0.05, 0.1) is 18.8 Å². The number of carbonyl (C=O) groups is 2. The lowest BCUT2D eigenvalue weighted by Crippen LogP contribution is -2.39. The molecule has 1 rings (SSSR count). The lowest BCUT2D eigenvalue weighted by atomic mass is 10.1. The molecule has 1 aromatic rings. The minimum absolute atomic E-state index is 0.145. The Hall–Kier alpha value is -2.12. The number of methoxy groups -OCH3 is 1. The summed E-state index contributed by atoms with van der Waals surface area (Å²) in [4.78, 5) is 24.4. The van der Waals surface area contributed by atoms with Crippen LogP contribution in [0.5, 0.6) is 0 Å². The zero-order valence-corrected chi connectivity index (χ0v) is 12.1. The van der Waals surface area contributed by atoms with Gasteiger partial charge in [0.15, 0.2) is 0 Å². The summed E-state index contributed by atoms with van der Waals surface area (Å²) < 4.78 is 4.91. The number of amides is 2. The lowest BCUT2D eigenvalue weighted by molar-refractivity contribution is 0.0696. The van der Waals surface area contributed by atoms with E-state index in [9.17, 15) is 9.59 Å². The van der Waals surface area contributed by atoms with E-state index < -0.39 is 5.97 Å². The van der Waals surface area contributed by atoms with Crippen LogP contribution in [0.1, 0.15) is 15.9 Å². The molecule has 0 unspecified atom stereocenters. The Balaban J connectivity index is 2.76. The van der Waals surface area contributed by atoms with Gasteiger partial charge in [-0.2, -0.15) is 0 Å². The van der Waals surface area contributed by atoms with E-state index >= 15 is 0 Å². The van der Waals surface area contributed by atoms with Crippen molar-refractivity contribution in [3.05, 3.63) is 29.3 Å². The molecular weight excluding hydrogens is 276 g/mol. The van der Waals surface area contributed by atoms with Crippen LogP contribution in [0.15, 0.2) is 18.2 Å². The van der Waals surface area contributed by atoms with E-state index in [0.29, 0.717) is 24.4 Å². The molecule has 0 bridgehead atoms. The number of rotatable bonds is 7. The van der Waals surface area contributed by atoms with Gasteiger partial charge in [0.2, 0.25) is 0 Å². The summed E-state index contributed by atoms with van der Waals surface area (Å²) in [5, 5.41) is 20.6. The third-order valence-electron chi connectivity index (χ3n) is 2.93. The summed E-state index contributed by atoms with van der Waals surface area (Å²) in [7, 11) is 1.53. The number of benzene rings is 1. The zero-order chi connectivity index (χ0) is 15.8. The first-order chi connectivity index (χ1) is 9.99. The molecule has 0 radical (unpaired) electrons. The molecule has 0 spiro atoms. The topological polar surface area (TPSA) is 99.1 Å². The molecule has 0 aliphatic heterocycles. The molecule has 0 heterocycles. The van der Waals surface area contributed by atoms with Crippen LogP contribution in [0.25, 0.3) is 0 Å². The summed E-state index contributed by atoms with van der Waals surface area (Å²) >= 11 is 0. The maximum absolute atomic E-state index is 12.1. The molecule has 0 saturated heterocycles. The molecule has 3 N–H and O–H groups in total. The first-order valence-corrected chi connectivity index (χ1v) is 6.49. The lowest BCUT2D eigenvalue weighted by Gasteiger charge is -2.22. The fourth-order valence-corrected chi connectivity index (χ4v) is 1.82. The number of urea groups is 1. The largest absolute Gasteiger partial charge is 0.478 e. The van der Waals surface area contributed by atoms with E-state index in [4.69, 9.17) is 14.9 Å². The summed E-state index contributed by atoms with van der Waals surface area (Å²) in [5.41, 5.74) is 1.26. The van der Waals surface area contributed by atoms with Crippen LogP contribution in [0.4, 0.5) is 10.5 Å². The van der Waals surface area contributed by atoms with Crippen molar-refractivity contribution in [3.8, 4) is 0 Å². The van der Waals surface area contributed by atoms with Gasteiger partial charge < -0.3 is 25.2 Å². The summed E-state index contributed by atoms with van der Waals surface area (Å²) in [6, 6.07) is 4.19. The van der Waals surface area contributed by atoms with Crippen LogP contribution in [0.3, 0.4) is 0 Å². The van der Waals surface area contributed by atoms with Crippen molar-refractivity contribution >= 4 is 17.7 Å². The highest BCUT2D eigenvalue weighted by molar-refractivity contribution is 5.92. The maximum Gasteiger partial charge on any atom is 0.335 e. The van der Waals surface area contributed by atoms with Gasteiger partial charge in [-0.25, -0.2) is 9.59 Å². The van der Waals surface area contributed by atoms with Gasteiger partial charge >= 0.3 is 12.0 Å². The van der Waals surface area contributed by atoms with Crippen molar-refractivity contribution in [2.45, 2.75) is 6.92 Å². The second-order valence-corrected chi connectivity index (χ2v) is 4.47. The molecule has 7 nitrogen and oxygen atoms in total. The first-order valence-electron chi connectivity index (χ1n) is 6.49. The van der Waals surface area contributed by atoms with Gasteiger partial charge in [-0.3, -0.25) is 0 Å². The molecule has 0 aliphatic rings. The Labute approximate surface area is 123 Å². The fourth-order valence-electron chi connectivity index (χ4n) is 1.82. The minimum Gasteiger partial charge on any atom is -0.478 e. The molecule has 0 aromatic heterocycles. The maximum atomic E-state index is 12.1. The van der Waals surface area contributed by atoms with Crippen LogP contribution < -0.4 is 5.32 Å². The van der Waals surface area contributed by atoms with E-state index in [0.717, 1.165) is 0 Å². The second kappa shape index (κ2) is 8.23. The van der Waals surface area contributed by atoms with E-state index in [1.54, 1.807) is 13.0 Å². The molecule has 0 fully saturated rings. The predicted molar refractivity (Wildman–Crippen MR) is 77.7 cm³/mol. The van der Waals surface area contributed by atoms with Crippen molar-refractivity contribution < 1.29 is 24.5 Å². The molecule has 7 heteroatoms. The van der Waals surface area contributed by atoms with Crippen molar-refractivity contribution in [1.82, 2.24) is 4.90 Å². The molecule has 0 atom stereocenters. The van der Waals surface area contributed by atoms with Crippen molar-refractivity contribution in [3.63, 3.8) is 0 Å². The number of carboxylic acids is 1. The van der Waals surface area contributed by atoms with Crippen LogP contribution in [-0.2, 0) is 4.74 Å². The quantitative estimate of drug-likeness (QED) is 0.701. The number of carbonyl (C=O) groups excluding carboxylic acids is 1. The average molecular weight is 296 g/mol. The Morgan fingerprint density at radius 1 is 1.33 bits per heavy atom. The number of hydrogen-bond donors (Lipinski definition) is 3. The van der Waals surface area contributed by atoms with Crippen LogP contribution in [0, 0.1) is 6.92 Å². The Morgan fingerprint density at radius 3 is 2.57 bits per heavy atom. The summed E-state index contributed by atoms with van der Waals surface area (Å²) in [5.74, 6) is -1.01. The first kappa shape index (κ1) is 16.9. The third-order valence-corrected chi connectivity index (χ3v) is 2.93. The van der Waals surface area contributed by atoms with E-state index in [1.165, 1.54) is 24.1 Å². The van der Waals surface area contributed by atoms with E-state index in [2.05, 4.69) is 5.32 Å². The smallest absolute Gasteiger partial charge is 0.335 e. The number of aryl methyl sites for hydroxylation is 1. The van der Waals surface area contributed by atoms with Gasteiger partial charge in [0.1, 0.15) is 0 Å². The molecule has 1 aromatic carbocycles. The zero-order valence-electron chi connectivity index (χ0n) is 12.1. The highest BCUT2D eigenvalue weighted by atomic mass is 16.5. The molecule has 116 valence electrons. The third kappa shape index (κ3) is 5.05. The molecule has 0 saturated carbocycles. The molecule has 0 aliphatic carbocycles. The predicted octanol–water partition coefficient (Wildman–Crippen LogP) is 1.17. The van der Waals surface area contributed by atoms with Gasteiger partial charge in [-0.15, -0.1) is 0 Å². The van der Waals surface area contributed by atoms with Gasteiger partial charge in [-0.05, 0) is 30.7 Å². The number of nitrogens with one attached hydrogen (secondary N) is 1. The summed E-state index contributed by atoms with van der Waals surface area (Å²) in [6.07, 6.45) is 0. The fraction of sp³-hybridized carbons (Fsp3) is 0.429. The van der Waals surface area contributed by atoms with Crippen LogP contribution in [0.2, 0.25) is 0 Å². The molecule has 2 amide bonds. The highest BCUT2D eigenvalue weighted by Gasteiger charge is 2.14. The van der Waals surface area contributed by atoms with Crippen molar-refractivity contribution in [1.29, 1.82) is 0 Å². The summed E-state index contributed by atoms with van der Waals surface area (Å²) in [6.45, 7) is 2.44. The van der Waals surface area contributed by atoms with Gasteiger partial charge in [0, 0.05) is 25.9 Å². The average Bonchev–Trinajstić information content (AvgIpc) is 2.43. The standard InChI is InChI=1S/C14H20N2O5/c1-10-9-11(3-4-12(10)13(18)19)15-14(20)16(5-7-17)6-8-21-2/h3-4,9,17H,5-8H2,1-2H3,(H,15,20)(H,18,19). The van der Waals surface area contributed by atoms with Crippen LogP contribution >= 0.6 is 0 Å². The number of hydrogen-bond acceptors (Lipinski definition) is 4. The van der Waals surface area contributed by atoms with E-state index in [-0.39, 0.29) is 24.7 Å². The number of ether oxygens (including phenoxy) is 1. The number of aromatic carboxylic acids is 1. The number of carboxylic acid groups (broad SMARTS) is 1. The van der Waals surface area contributed by atoms with Gasteiger partial charge in [-0.1, -0.05) is 0 Å². The van der Waals surface area contributed by atoms with Crippen LogP contribution in [-0.4, -0.2) is 60.5 Å². The number of nitrogens with zero attached hydrogens (tertiary/aromatic N) is 1. The Kier molecular flexibility index (Phi) is 6.64. The normalized spacial score (nSPS) is 10.2. The van der Waals surface area contributed by atoms with Gasteiger partial charge in [0.25, 0.3) is 0 Å². The monoisotopic (exact) mass is 296 g/mol. The second-order valence-electron chi connectivity index (χ2n) is 4.47. The SMILES string of the molecule is COCCN(CCO)C(=O)Nc1ccc(C(=O)O)c(C)c1. The highest BCUT2D eigenvalue weighted by Crippen LogP contribution is 2.15. The molecular formula is C14H20N2O5. The number of aliphatic hydroxyl groups excluding tert-OH is 1. The Bertz CT molecular complexity index is 504. The minimum atomic E-state index is -1.01. The number of anilines is 1. The van der Waals surface area contributed by atoms with Crippen molar-refractivity contribution in [2.24, 2.45) is 0 Å². The van der Waals surface area contributed by atoms with E-state index in [1.807, 2.05) is 0 Å². The Morgan fingerprint density at radius 2 is 2.05 bits per heavy atom. The molecule has 21 heavy (non-hydrogen) atoms.